The Morgan fingerprint density at radius 3 is 2.62 bits per heavy atom. The molecule has 0 heterocycles. The van der Waals surface area contributed by atoms with E-state index in [1.807, 2.05) is 0 Å². The van der Waals surface area contributed by atoms with Gasteiger partial charge in [0.1, 0.15) is 0 Å². The topological polar surface area (TPSA) is 0 Å². The minimum atomic E-state index is 0.710. The Morgan fingerprint density at radius 1 is 1.38 bits per heavy atom. The second kappa shape index (κ2) is 4.58. The van der Waals surface area contributed by atoms with Crippen molar-refractivity contribution in [2.75, 3.05) is 0 Å². The highest BCUT2D eigenvalue weighted by Crippen LogP contribution is 2.11. The second-order valence-corrected chi connectivity index (χ2v) is 3.83. The van der Waals surface area contributed by atoms with Crippen molar-refractivity contribution in [3.8, 4) is 0 Å². The molecule has 0 atom stereocenters. The molecule has 1 aromatic carbocycles. The summed E-state index contributed by atoms with van der Waals surface area (Å²) in [6, 6.07) is 6.35. The first-order chi connectivity index (χ1) is 6.13. The molecule has 0 aliphatic heterocycles. The Hall–Kier alpha value is -0.600. The molecule has 0 nitrogen and oxygen atoms in total. The summed E-state index contributed by atoms with van der Waals surface area (Å²) in [7, 11) is 0. The smallest absolute Gasteiger partial charge is 0.0711 e. The normalized spacial score (nSPS) is 9.69. The van der Waals surface area contributed by atoms with Crippen molar-refractivity contribution in [2.45, 2.75) is 20.3 Å². The molecule has 67 valence electrons. The van der Waals surface area contributed by atoms with Gasteiger partial charge in [0, 0.05) is 11.3 Å². The molecule has 0 aliphatic carbocycles. The molecule has 0 spiro atoms. The van der Waals surface area contributed by atoms with Gasteiger partial charge in [-0.25, -0.2) is 0 Å². The van der Waals surface area contributed by atoms with E-state index in [1.165, 1.54) is 16.7 Å². The van der Waals surface area contributed by atoms with Crippen molar-refractivity contribution < 1.29 is 0 Å². The highest BCUT2D eigenvalue weighted by Gasteiger charge is 2.00. The van der Waals surface area contributed by atoms with Crippen LogP contribution in [0.1, 0.15) is 16.7 Å². The molecule has 0 N–H and O–H groups in total. The van der Waals surface area contributed by atoms with E-state index in [2.05, 4.69) is 49.6 Å². The SMILES string of the molecule is Cc1ccc(CC(=S)[C]=S)c(C)c1. The zero-order valence-corrected chi connectivity index (χ0v) is 9.39. The molecule has 0 saturated heterocycles. The third-order valence-corrected chi connectivity index (χ3v) is 2.58. The zero-order valence-electron chi connectivity index (χ0n) is 7.76. The van der Waals surface area contributed by atoms with Crippen LogP contribution in [-0.2, 0) is 6.42 Å². The van der Waals surface area contributed by atoms with Crippen LogP contribution < -0.4 is 0 Å². The highest BCUT2D eigenvalue weighted by molar-refractivity contribution is 7.88. The van der Waals surface area contributed by atoms with Crippen LogP contribution in [-0.4, -0.2) is 10.2 Å². The maximum Gasteiger partial charge on any atom is 0.0711 e. The van der Waals surface area contributed by atoms with E-state index < -0.39 is 0 Å². The van der Waals surface area contributed by atoms with Crippen LogP contribution >= 0.6 is 24.4 Å². The number of hydrogen-bond acceptors (Lipinski definition) is 2. The maximum atomic E-state index is 5.01. The molecule has 1 radical (unpaired) electrons. The van der Waals surface area contributed by atoms with Crippen LogP contribution in [0.15, 0.2) is 18.2 Å². The lowest BCUT2D eigenvalue weighted by atomic mass is 10.0. The summed E-state index contributed by atoms with van der Waals surface area (Å²) in [5.74, 6) is 0. The molecule has 1 aromatic rings. The van der Waals surface area contributed by atoms with Crippen molar-refractivity contribution >= 4 is 34.7 Å². The molecule has 0 saturated carbocycles. The van der Waals surface area contributed by atoms with Crippen molar-refractivity contribution in [1.82, 2.24) is 0 Å². The lowest BCUT2D eigenvalue weighted by Crippen LogP contribution is -2.01. The number of benzene rings is 1. The van der Waals surface area contributed by atoms with Crippen LogP contribution in [0.2, 0.25) is 0 Å². The van der Waals surface area contributed by atoms with E-state index in [-0.39, 0.29) is 0 Å². The molecule has 0 fully saturated rings. The van der Waals surface area contributed by atoms with E-state index in [0.29, 0.717) is 4.86 Å². The van der Waals surface area contributed by atoms with E-state index in [0.717, 1.165) is 6.42 Å². The first-order valence-corrected chi connectivity index (χ1v) is 4.92. The molecule has 0 amide bonds. The molecule has 0 aliphatic rings. The van der Waals surface area contributed by atoms with Gasteiger partial charge in [-0.1, -0.05) is 48.2 Å². The van der Waals surface area contributed by atoms with Gasteiger partial charge in [0.2, 0.25) is 0 Å². The summed E-state index contributed by atoms with van der Waals surface area (Å²) in [5, 5.41) is 2.57. The summed E-state index contributed by atoms with van der Waals surface area (Å²) in [6.45, 7) is 4.18. The summed E-state index contributed by atoms with van der Waals surface area (Å²) in [6.07, 6.45) is 0.741. The third kappa shape index (κ3) is 2.98. The Bertz CT molecular complexity index is 340. The van der Waals surface area contributed by atoms with Crippen molar-refractivity contribution in [3.63, 3.8) is 0 Å². The fourth-order valence-electron chi connectivity index (χ4n) is 1.25. The Morgan fingerprint density at radius 2 is 2.08 bits per heavy atom. The molecule has 13 heavy (non-hydrogen) atoms. The highest BCUT2D eigenvalue weighted by atomic mass is 32.1. The van der Waals surface area contributed by atoms with Crippen molar-refractivity contribution in [1.29, 1.82) is 0 Å². The van der Waals surface area contributed by atoms with Gasteiger partial charge < -0.3 is 0 Å². The summed E-state index contributed by atoms with van der Waals surface area (Å²) < 4.78 is 0. The maximum absolute atomic E-state index is 5.01. The molecule has 0 aromatic heterocycles. The summed E-state index contributed by atoms with van der Waals surface area (Å²) in [4.78, 5) is 0.710. The van der Waals surface area contributed by atoms with E-state index in [1.54, 1.807) is 0 Å². The molecule has 0 bridgehead atoms. The first-order valence-electron chi connectivity index (χ1n) is 4.10. The molecular formula is C11H11S2. The third-order valence-electron chi connectivity index (χ3n) is 1.96. The van der Waals surface area contributed by atoms with Gasteiger partial charge in [-0.3, -0.25) is 0 Å². The monoisotopic (exact) mass is 207 g/mol. The van der Waals surface area contributed by atoms with E-state index in [9.17, 15) is 0 Å². The van der Waals surface area contributed by atoms with Gasteiger partial charge in [-0.05, 0) is 25.0 Å². The standard InChI is InChI=1S/C11H11S2/c1-8-3-4-10(9(2)5-8)6-11(13)7-12/h3-5H,6H2,1-2H3. The molecular weight excluding hydrogens is 196 g/mol. The van der Waals surface area contributed by atoms with Gasteiger partial charge >= 0.3 is 0 Å². The lowest BCUT2D eigenvalue weighted by Gasteiger charge is -2.04. The average molecular weight is 207 g/mol. The minimum absolute atomic E-state index is 0.710. The van der Waals surface area contributed by atoms with Gasteiger partial charge in [0.05, 0.1) is 5.37 Å². The van der Waals surface area contributed by atoms with Gasteiger partial charge in [0.15, 0.2) is 0 Å². The quantitative estimate of drug-likeness (QED) is 0.699. The molecule has 0 unspecified atom stereocenters. The van der Waals surface area contributed by atoms with Crippen LogP contribution in [0.25, 0.3) is 0 Å². The van der Waals surface area contributed by atoms with Crippen molar-refractivity contribution in [2.24, 2.45) is 0 Å². The predicted molar refractivity (Wildman–Crippen MR) is 64.8 cm³/mol. The first kappa shape index (κ1) is 10.5. The van der Waals surface area contributed by atoms with Gasteiger partial charge in [-0.2, -0.15) is 0 Å². The number of rotatable bonds is 3. The summed E-state index contributed by atoms with van der Waals surface area (Å²) in [5.41, 5.74) is 3.79. The fourth-order valence-corrected chi connectivity index (χ4v) is 1.48. The summed E-state index contributed by atoms with van der Waals surface area (Å²) >= 11 is 9.67. The van der Waals surface area contributed by atoms with Crippen LogP contribution in [0, 0.1) is 13.8 Å². The largest absolute Gasteiger partial charge is 0.0829 e. The predicted octanol–water partition coefficient (Wildman–Crippen LogP) is 3.09. The van der Waals surface area contributed by atoms with Gasteiger partial charge in [-0.15, -0.1) is 0 Å². The number of thiocarbonyl (C=S) groups is 2. The van der Waals surface area contributed by atoms with Crippen LogP contribution in [0.3, 0.4) is 0 Å². The Labute approximate surface area is 90.0 Å². The second-order valence-electron chi connectivity index (χ2n) is 3.13. The molecule has 2 heteroatoms. The molecule has 1 rings (SSSR count). The average Bonchev–Trinajstić information content (AvgIpc) is 2.09. The lowest BCUT2D eigenvalue weighted by molar-refractivity contribution is 1.25. The van der Waals surface area contributed by atoms with Crippen LogP contribution in [0.5, 0.6) is 0 Å². The van der Waals surface area contributed by atoms with E-state index in [4.69, 9.17) is 12.2 Å². The minimum Gasteiger partial charge on any atom is -0.0829 e. The Balaban J connectivity index is 2.89. The zero-order chi connectivity index (χ0) is 9.84. The number of aryl methyl sites for hydroxylation is 2. The Kier molecular flexibility index (Phi) is 3.70. The number of hydrogen-bond donors (Lipinski definition) is 0. The fraction of sp³-hybridized carbons (Fsp3) is 0.273. The van der Waals surface area contributed by atoms with E-state index >= 15 is 0 Å². The van der Waals surface area contributed by atoms with Crippen LogP contribution in [0.4, 0.5) is 0 Å². The van der Waals surface area contributed by atoms with Gasteiger partial charge in [0.25, 0.3) is 0 Å². The van der Waals surface area contributed by atoms with Crippen molar-refractivity contribution in [3.05, 3.63) is 34.9 Å².